The van der Waals surface area contributed by atoms with Gasteiger partial charge in [0.1, 0.15) is 5.60 Å². The second kappa shape index (κ2) is 9.67. The molecule has 1 fully saturated rings. The zero-order valence-electron chi connectivity index (χ0n) is 13.9. The summed E-state index contributed by atoms with van der Waals surface area (Å²) < 4.78 is 5.48. The quantitative estimate of drug-likeness (QED) is 0.784. The topological polar surface area (TPSA) is 67.4 Å². The fraction of sp³-hybridized carbons (Fsp3) is 0.529. The lowest BCUT2D eigenvalue weighted by Crippen LogP contribution is -2.34. The second-order valence-electron chi connectivity index (χ2n) is 6.32. The SMILES string of the molecule is CC(C)(C)OC=O.O=C(Nc1ccccc1Br)C1CCNCC1. The number of carbonyl (C=O) groups is 2. The van der Waals surface area contributed by atoms with Crippen LogP contribution in [-0.2, 0) is 14.3 Å². The van der Waals surface area contributed by atoms with Gasteiger partial charge in [0.15, 0.2) is 0 Å². The van der Waals surface area contributed by atoms with Crippen LogP contribution in [0, 0.1) is 5.92 Å². The molecule has 23 heavy (non-hydrogen) atoms. The van der Waals surface area contributed by atoms with Crippen molar-refractivity contribution in [3.63, 3.8) is 0 Å². The van der Waals surface area contributed by atoms with Crippen molar-refractivity contribution in [1.82, 2.24) is 5.32 Å². The van der Waals surface area contributed by atoms with Crippen LogP contribution in [0.3, 0.4) is 0 Å². The van der Waals surface area contributed by atoms with Gasteiger partial charge in [0.25, 0.3) is 6.47 Å². The van der Waals surface area contributed by atoms with Gasteiger partial charge in [-0.2, -0.15) is 0 Å². The fourth-order valence-electron chi connectivity index (χ4n) is 2.03. The maximum Gasteiger partial charge on any atom is 0.293 e. The van der Waals surface area contributed by atoms with E-state index in [2.05, 4.69) is 31.3 Å². The van der Waals surface area contributed by atoms with Gasteiger partial charge < -0.3 is 15.4 Å². The highest BCUT2D eigenvalue weighted by Crippen LogP contribution is 2.23. The third kappa shape index (κ3) is 8.13. The largest absolute Gasteiger partial charge is 0.462 e. The summed E-state index contributed by atoms with van der Waals surface area (Å²) in [6.45, 7) is 7.80. The number of carbonyl (C=O) groups excluding carboxylic acids is 2. The Balaban J connectivity index is 0.000000322. The molecular weight excluding hydrogens is 360 g/mol. The molecule has 0 atom stereocenters. The van der Waals surface area contributed by atoms with Crippen LogP contribution in [0.25, 0.3) is 0 Å². The van der Waals surface area contributed by atoms with Crippen molar-refractivity contribution in [2.45, 2.75) is 39.2 Å². The smallest absolute Gasteiger partial charge is 0.293 e. The van der Waals surface area contributed by atoms with E-state index in [0.717, 1.165) is 36.1 Å². The summed E-state index contributed by atoms with van der Waals surface area (Å²) in [5, 5.41) is 6.22. The summed E-state index contributed by atoms with van der Waals surface area (Å²) in [7, 11) is 0. The number of benzene rings is 1. The molecule has 5 nitrogen and oxygen atoms in total. The van der Waals surface area contributed by atoms with Gasteiger partial charge in [-0.15, -0.1) is 0 Å². The van der Waals surface area contributed by atoms with Crippen molar-refractivity contribution >= 4 is 34.0 Å². The third-order valence-electron chi connectivity index (χ3n) is 3.24. The van der Waals surface area contributed by atoms with E-state index < -0.39 is 0 Å². The second-order valence-corrected chi connectivity index (χ2v) is 7.17. The molecule has 1 aliphatic rings. The molecule has 0 saturated carbocycles. The Labute approximate surface area is 146 Å². The molecule has 0 radical (unpaired) electrons. The van der Waals surface area contributed by atoms with Gasteiger partial charge in [-0.25, -0.2) is 0 Å². The summed E-state index contributed by atoms with van der Waals surface area (Å²) in [6.07, 6.45) is 1.85. The number of anilines is 1. The Morgan fingerprint density at radius 3 is 2.39 bits per heavy atom. The molecule has 0 unspecified atom stereocenters. The number of halogens is 1. The van der Waals surface area contributed by atoms with Gasteiger partial charge in [-0.1, -0.05) is 12.1 Å². The first-order chi connectivity index (χ1) is 10.8. The van der Waals surface area contributed by atoms with E-state index in [9.17, 15) is 9.59 Å². The van der Waals surface area contributed by atoms with E-state index in [1.807, 2.05) is 45.0 Å². The third-order valence-corrected chi connectivity index (χ3v) is 3.93. The predicted molar refractivity (Wildman–Crippen MR) is 95.3 cm³/mol. The van der Waals surface area contributed by atoms with E-state index in [1.165, 1.54) is 0 Å². The molecule has 128 valence electrons. The Morgan fingerprint density at radius 2 is 1.91 bits per heavy atom. The molecule has 2 rings (SSSR count). The molecule has 1 aromatic rings. The highest BCUT2D eigenvalue weighted by atomic mass is 79.9. The molecule has 1 heterocycles. The average molecular weight is 385 g/mol. The van der Waals surface area contributed by atoms with E-state index >= 15 is 0 Å². The lowest BCUT2D eigenvalue weighted by Gasteiger charge is -2.22. The van der Waals surface area contributed by atoms with Crippen molar-refractivity contribution < 1.29 is 14.3 Å². The van der Waals surface area contributed by atoms with Crippen LogP contribution >= 0.6 is 15.9 Å². The minimum atomic E-state index is -0.318. The zero-order chi connectivity index (χ0) is 17.3. The number of hydrogen-bond donors (Lipinski definition) is 2. The first-order valence-electron chi connectivity index (χ1n) is 7.71. The molecule has 0 aromatic heterocycles. The summed E-state index contributed by atoms with van der Waals surface area (Å²) in [4.78, 5) is 21.6. The van der Waals surface area contributed by atoms with Gasteiger partial charge in [0, 0.05) is 10.4 Å². The normalized spacial score (nSPS) is 15.1. The number of piperidine rings is 1. The molecule has 2 N–H and O–H groups in total. The maximum atomic E-state index is 12.0. The standard InChI is InChI=1S/C12H15BrN2O.C5H10O2/c13-10-3-1-2-4-11(10)15-12(16)9-5-7-14-8-6-9;1-5(2,3)7-4-6/h1-4,9,14H,5-8H2,(H,15,16);4H,1-3H3. The molecule has 0 aliphatic carbocycles. The molecular formula is C17H25BrN2O3. The fourth-order valence-corrected chi connectivity index (χ4v) is 2.41. The first-order valence-corrected chi connectivity index (χ1v) is 8.50. The molecule has 1 aliphatic heterocycles. The Kier molecular flexibility index (Phi) is 8.26. The first kappa shape index (κ1) is 19.6. The number of rotatable bonds is 3. The Bertz CT molecular complexity index is 509. The zero-order valence-corrected chi connectivity index (χ0v) is 15.5. The Hall–Kier alpha value is -1.40. The van der Waals surface area contributed by atoms with Crippen LogP contribution in [0.5, 0.6) is 0 Å². The molecule has 1 amide bonds. The average Bonchev–Trinajstić information content (AvgIpc) is 2.50. The Morgan fingerprint density at radius 1 is 1.30 bits per heavy atom. The number of ether oxygens (including phenoxy) is 1. The summed E-state index contributed by atoms with van der Waals surface area (Å²) >= 11 is 3.42. The molecule has 6 heteroatoms. The van der Waals surface area contributed by atoms with Crippen molar-refractivity contribution in [2.75, 3.05) is 18.4 Å². The number of amides is 1. The van der Waals surface area contributed by atoms with Crippen molar-refractivity contribution in [3.8, 4) is 0 Å². The lowest BCUT2D eigenvalue weighted by atomic mass is 9.97. The minimum absolute atomic E-state index is 0.133. The summed E-state index contributed by atoms with van der Waals surface area (Å²) in [5.74, 6) is 0.279. The number of hydrogen-bond acceptors (Lipinski definition) is 4. The maximum absolute atomic E-state index is 12.0. The highest BCUT2D eigenvalue weighted by Gasteiger charge is 2.21. The molecule has 1 saturated heterocycles. The van der Waals surface area contributed by atoms with Crippen LogP contribution < -0.4 is 10.6 Å². The van der Waals surface area contributed by atoms with Gasteiger partial charge >= 0.3 is 0 Å². The van der Waals surface area contributed by atoms with Crippen LogP contribution in [0.2, 0.25) is 0 Å². The van der Waals surface area contributed by atoms with Crippen LogP contribution in [-0.4, -0.2) is 31.1 Å². The molecule has 0 spiro atoms. The van der Waals surface area contributed by atoms with Gasteiger partial charge in [-0.3, -0.25) is 9.59 Å². The monoisotopic (exact) mass is 384 g/mol. The van der Waals surface area contributed by atoms with E-state index in [0.29, 0.717) is 6.47 Å². The lowest BCUT2D eigenvalue weighted by molar-refractivity contribution is -0.138. The van der Waals surface area contributed by atoms with Gasteiger partial charge in [-0.05, 0) is 74.8 Å². The van der Waals surface area contributed by atoms with E-state index in [4.69, 9.17) is 0 Å². The van der Waals surface area contributed by atoms with E-state index in [1.54, 1.807) is 0 Å². The molecule has 1 aromatic carbocycles. The summed E-state index contributed by atoms with van der Waals surface area (Å²) in [6, 6.07) is 7.69. The van der Waals surface area contributed by atoms with Gasteiger partial charge in [0.2, 0.25) is 5.91 Å². The highest BCUT2D eigenvalue weighted by molar-refractivity contribution is 9.10. The molecule has 0 bridgehead atoms. The summed E-state index contributed by atoms with van der Waals surface area (Å²) in [5.41, 5.74) is 0.535. The van der Waals surface area contributed by atoms with E-state index in [-0.39, 0.29) is 17.4 Å². The van der Waals surface area contributed by atoms with Gasteiger partial charge in [0.05, 0.1) is 5.69 Å². The van der Waals surface area contributed by atoms with Crippen molar-refractivity contribution in [2.24, 2.45) is 5.92 Å². The van der Waals surface area contributed by atoms with Crippen molar-refractivity contribution in [3.05, 3.63) is 28.7 Å². The van der Waals surface area contributed by atoms with Crippen molar-refractivity contribution in [1.29, 1.82) is 0 Å². The van der Waals surface area contributed by atoms with Crippen LogP contribution in [0.4, 0.5) is 5.69 Å². The van der Waals surface area contributed by atoms with Crippen LogP contribution in [0.15, 0.2) is 28.7 Å². The van der Waals surface area contributed by atoms with Crippen LogP contribution in [0.1, 0.15) is 33.6 Å². The number of nitrogens with one attached hydrogen (secondary N) is 2. The minimum Gasteiger partial charge on any atom is -0.462 e. The number of para-hydroxylation sites is 1. The predicted octanol–water partition coefficient (Wildman–Crippen LogP) is 3.35.